The summed E-state index contributed by atoms with van der Waals surface area (Å²) in [5.41, 5.74) is 5.73. The summed E-state index contributed by atoms with van der Waals surface area (Å²) in [6.45, 7) is 0. The first kappa shape index (κ1) is 7.04. The summed E-state index contributed by atoms with van der Waals surface area (Å²) < 4.78 is 0. The number of nitrogens with zero attached hydrogens (tertiary/aromatic N) is 3. The third kappa shape index (κ3) is 1.10. The van der Waals surface area contributed by atoms with Crippen LogP contribution in [-0.4, -0.2) is 4.98 Å². The Kier molecular flexibility index (Phi) is 1.71. The molecular formula is C7H4N4. The molecule has 0 bridgehead atoms. The molecule has 52 valence electrons. The highest BCUT2D eigenvalue weighted by atomic mass is 14.8. The maximum atomic E-state index is 8.51. The minimum Gasteiger partial charge on any atom is -0.383 e. The predicted molar refractivity (Wildman–Crippen MR) is 38.1 cm³/mol. The third-order valence-corrected chi connectivity index (χ3v) is 1.21. The lowest BCUT2D eigenvalue weighted by Gasteiger charge is -1.95. The normalized spacial score (nSPS) is 8.18. The summed E-state index contributed by atoms with van der Waals surface area (Å²) in [4.78, 5) is 3.66. The Balaban J connectivity index is 3.42. The van der Waals surface area contributed by atoms with E-state index in [0.717, 1.165) is 0 Å². The summed E-state index contributed by atoms with van der Waals surface area (Å²) >= 11 is 0. The first-order valence-electron chi connectivity index (χ1n) is 2.84. The van der Waals surface area contributed by atoms with E-state index in [1.807, 2.05) is 6.07 Å². The van der Waals surface area contributed by atoms with Crippen LogP contribution in [0.25, 0.3) is 0 Å². The van der Waals surface area contributed by atoms with Crippen molar-refractivity contribution in [3.8, 4) is 12.1 Å². The quantitative estimate of drug-likeness (QED) is 0.571. The third-order valence-electron chi connectivity index (χ3n) is 1.21. The molecule has 0 atom stereocenters. The molecule has 0 saturated heterocycles. The minimum atomic E-state index is 0.103. The highest BCUT2D eigenvalue weighted by molar-refractivity contribution is 5.56. The van der Waals surface area contributed by atoms with Crippen molar-refractivity contribution in [1.29, 1.82) is 10.5 Å². The van der Waals surface area contributed by atoms with Crippen molar-refractivity contribution in [1.82, 2.24) is 4.98 Å². The average Bonchev–Trinajstić information content (AvgIpc) is 2.04. The molecule has 1 aromatic rings. The smallest absolute Gasteiger partial charge is 0.142 e. The van der Waals surface area contributed by atoms with Crippen molar-refractivity contribution in [3.63, 3.8) is 0 Å². The Morgan fingerprint density at radius 3 is 2.55 bits per heavy atom. The van der Waals surface area contributed by atoms with Crippen LogP contribution in [0.1, 0.15) is 11.1 Å². The van der Waals surface area contributed by atoms with E-state index >= 15 is 0 Å². The van der Waals surface area contributed by atoms with Gasteiger partial charge in [0.25, 0.3) is 0 Å². The average molecular weight is 144 g/mol. The van der Waals surface area contributed by atoms with E-state index in [1.165, 1.54) is 12.3 Å². The van der Waals surface area contributed by atoms with Crippen molar-refractivity contribution >= 4 is 5.82 Å². The van der Waals surface area contributed by atoms with Gasteiger partial charge in [0.15, 0.2) is 0 Å². The lowest BCUT2D eigenvalue weighted by molar-refractivity contribution is 1.29. The summed E-state index contributed by atoms with van der Waals surface area (Å²) in [6, 6.07) is 5.10. The second-order valence-corrected chi connectivity index (χ2v) is 1.84. The van der Waals surface area contributed by atoms with Crippen molar-refractivity contribution in [2.75, 3.05) is 5.73 Å². The van der Waals surface area contributed by atoms with Crippen molar-refractivity contribution in [2.24, 2.45) is 0 Å². The zero-order valence-corrected chi connectivity index (χ0v) is 5.57. The molecule has 0 saturated carbocycles. The molecule has 0 spiro atoms. The number of pyridine rings is 1. The zero-order chi connectivity index (χ0) is 8.27. The number of nitriles is 2. The summed E-state index contributed by atoms with van der Waals surface area (Å²) in [5, 5.41) is 17.0. The minimum absolute atomic E-state index is 0.103. The summed E-state index contributed by atoms with van der Waals surface area (Å²) in [6.07, 6.45) is 1.40. The van der Waals surface area contributed by atoms with E-state index < -0.39 is 0 Å². The SMILES string of the molecule is N#Cc1ccnc(N)c1C#N. The highest BCUT2D eigenvalue weighted by Gasteiger charge is 2.04. The van der Waals surface area contributed by atoms with Crippen molar-refractivity contribution in [2.45, 2.75) is 0 Å². The number of aromatic nitrogens is 1. The van der Waals surface area contributed by atoms with E-state index in [2.05, 4.69) is 4.98 Å². The van der Waals surface area contributed by atoms with Crippen molar-refractivity contribution in [3.05, 3.63) is 23.4 Å². The molecule has 11 heavy (non-hydrogen) atoms. The number of nitrogen functional groups attached to an aromatic ring is 1. The molecule has 0 unspecified atom stereocenters. The van der Waals surface area contributed by atoms with Crippen LogP contribution in [0, 0.1) is 22.7 Å². The monoisotopic (exact) mass is 144 g/mol. The first-order chi connectivity index (χ1) is 5.29. The molecule has 0 aliphatic carbocycles. The Morgan fingerprint density at radius 2 is 2.09 bits per heavy atom. The number of hydrogen-bond donors (Lipinski definition) is 1. The first-order valence-corrected chi connectivity index (χ1v) is 2.84. The van der Waals surface area contributed by atoms with Gasteiger partial charge < -0.3 is 5.73 Å². The van der Waals surface area contributed by atoms with Gasteiger partial charge in [-0.05, 0) is 6.07 Å². The second kappa shape index (κ2) is 2.68. The van der Waals surface area contributed by atoms with Gasteiger partial charge in [0.2, 0.25) is 0 Å². The van der Waals surface area contributed by atoms with Crippen LogP contribution in [0.3, 0.4) is 0 Å². The number of anilines is 1. The molecule has 1 aromatic heterocycles. The van der Waals surface area contributed by atoms with Gasteiger partial charge in [-0.2, -0.15) is 10.5 Å². The van der Waals surface area contributed by atoms with Gasteiger partial charge in [-0.15, -0.1) is 0 Å². The standard InChI is InChI=1S/C7H4N4/c8-3-5-1-2-11-7(10)6(5)4-9/h1-2H,(H2,10,11). The van der Waals surface area contributed by atoms with Gasteiger partial charge >= 0.3 is 0 Å². The van der Waals surface area contributed by atoms with Crippen LogP contribution in [0.2, 0.25) is 0 Å². The molecular weight excluding hydrogens is 140 g/mol. The molecule has 1 heterocycles. The van der Waals surface area contributed by atoms with Gasteiger partial charge in [-0.3, -0.25) is 0 Å². The highest BCUT2D eigenvalue weighted by Crippen LogP contribution is 2.10. The topological polar surface area (TPSA) is 86.5 Å². The van der Waals surface area contributed by atoms with Crippen LogP contribution < -0.4 is 5.73 Å². The maximum Gasteiger partial charge on any atom is 0.142 e. The Hall–Kier alpha value is -2.07. The van der Waals surface area contributed by atoms with Crippen LogP contribution >= 0.6 is 0 Å². The van der Waals surface area contributed by atoms with Crippen molar-refractivity contribution < 1.29 is 0 Å². The maximum absolute atomic E-state index is 8.51. The predicted octanol–water partition coefficient (Wildman–Crippen LogP) is 0.407. The van der Waals surface area contributed by atoms with Gasteiger partial charge in [0.05, 0.1) is 5.56 Å². The second-order valence-electron chi connectivity index (χ2n) is 1.84. The molecule has 0 aromatic carbocycles. The fraction of sp³-hybridized carbons (Fsp3) is 0. The molecule has 4 nitrogen and oxygen atoms in total. The summed E-state index contributed by atoms with van der Waals surface area (Å²) in [5.74, 6) is 0.103. The molecule has 1 rings (SSSR count). The molecule has 0 aliphatic rings. The Labute approximate surface area is 63.5 Å². The lowest BCUT2D eigenvalue weighted by Crippen LogP contribution is -1.96. The van der Waals surface area contributed by atoms with E-state index in [0.29, 0.717) is 0 Å². The molecule has 0 aliphatic heterocycles. The van der Waals surface area contributed by atoms with Crippen LogP contribution in [-0.2, 0) is 0 Å². The Morgan fingerprint density at radius 1 is 1.36 bits per heavy atom. The van der Waals surface area contributed by atoms with Gasteiger partial charge in [-0.25, -0.2) is 4.98 Å². The largest absolute Gasteiger partial charge is 0.383 e. The lowest BCUT2D eigenvalue weighted by atomic mass is 10.1. The number of hydrogen-bond acceptors (Lipinski definition) is 4. The number of nitrogens with two attached hydrogens (primary N) is 1. The molecule has 0 amide bonds. The van der Waals surface area contributed by atoms with Gasteiger partial charge in [0.1, 0.15) is 23.5 Å². The van der Waals surface area contributed by atoms with E-state index in [1.54, 1.807) is 6.07 Å². The fourth-order valence-corrected chi connectivity index (χ4v) is 0.689. The van der Waals surface area contributed by atoms with Crippen LogP contribution in [0.5, 0.6) is 0 Å². The van der Waals surface area contributed by atoms with E-state index in [4.69, 9.17) is 16.3 Å². The van der Waals surface area contributed by atoms with Gasteiger partial charge in [0, 0.05) is 6.20 Å². The molecule has 0 radical (unpaired) electrons. The molecule has 0 fully saturated rings. The van der Waals surface area contributed by atoms with E-state index in [-0.39, 0.29) is 16.9 Å². The van der Waals surface area contributed by atoms with Gasteiger partial charge in [-0.1, -0.05) is 0 Å². The van der Waals surface area contributed by atoms with E-state index in [9.17, 15) is 0 Å². The number of rotatable bonds is 0. The van der Waals surface area contributed by atoms with Crippen LogP contribution in [0.4, 0.5) is 5.82 Å². The fourth-order valence-electron chi connectivity index (χ4n) is 0.689. The van der Waals surface area contributed by atoms with Crippen LogP contribution in [0.15, 0.2) is 12.3 Å². The zero-order valence-electron chi connectivity index (χ0n) is 5.57. The Bertz CT molecular complexity index is 356. The molecule has 4 heteroatoms. The summed E-state index contributed by atoms with van der Waals surface area (Å²) in [7, 11) is 0. The molecule has 2 N–H and O–H groups in total.